The van der Waals surface area contributed by atoms with Crippen LogP contribution in [0.25, 0.3) is 0 Å². The highest BCUT2D eigenvalue weighted by Gasteiger charge is 2.24. The summed E-state index contributed by atoms with van der Waals surface area (Å²) >= 11 is 0. The van der Waals surface area contributed by atoms with Crippen LogP contribution in [0.4, 0.5) is 5.69 Å². The molecule has 0 atom stereocenters. The molecule has 4 rings (SSSR count). The van der Waals surface area contributed by atoms with Gasteiger partial charge < -0.3 is 14.5 Å². The molecule has 3 aromatic carbocycles. The van der Waals surface area contributed by atoms with E-state index < -0.39 is 0 Å². The molecule has 0 aromatic heterocycles. The molecule has 3 aromatic rings. The molecule has 0 unspecified atom stereocenters. The molecule has 1 heterocycles. The molecule has 4 heteroatoms. The van der Waals surface area contributed by atoms with Crippen molar-refractivity contribution in [2.45, 2.75) is 12.8 Å². The van der Waals surface area contributed by atoms with Gasteiger partial charge in [0.25, 0.3) is 5.91 Å². The van der Waals surface area contributed by atoms with Gasteiger partial charge in [0.15, 0.2) is 0 Å². The quantitative estimate of drug-likeness (QED) is 0.613. The van der Waals surface area contributed by atoms with Gasteiger partial charge in [-0.05, 0) is 42.2 Å². The van der Waals surface area contributed by atoms with Crippen LogP contribution in [-0.4, -0.2) is 44.1 Å². The number of aryl methyl sites for hydroxylation is 2. The molecule has 1 fully saturated rings. The molecule has 0 saturated carbocycles. The van der Waals surface area contributed by atoms with Crippen LogP contribution in [0.1, 0.15) is 21.5 Å². The average Bonchev–Trinajstić information content (AvgIpc) is 2.83. The van der Waals surface area contributed by atoms with Crippen LogP contribution >= 0.6 is 0 Å². The Morgan fingerprint density at radius 1 is 0.833 bits per heavy atom. The average molecular weight is 401 g/mol. The van der Waals surface area contributed by atoms with Gasteiger partial charge in [0, 0.05) is 43.5 Å². The summed E-state index contributed by atoms with van der Waals surface area (Å²) in [6.07, 6.45) is 1.81. The molecule has 154 valence electrons. The van der Waals surface area contributed by atoms with E-state index in [9.17, 15) is 4.79 Å². The van der Waals surface area contributed by atoms with Gasteiger partial charge in [-0.1, -0.05) is 54.6 Å². The van der Waals surface area contributed by atoms with Crippen LogP contribution in [0.5, 0.6) is 5.75 Å². The number of methoxy groups -OCH3 is 1. The van der Waals surface area contributed by atoms with Crippen molar-refractivity contribution in [3.8, 4) is 5.75 Å². The Kier molecular flexibility index (Phi) is 6.33. The van der Waals surface area contributed by atoms with Crippen molar-refractivity contribution in [1.82, 2.24) is 4.90 Å². The molecule has 0 spiro atoms. The molecule has 30 heavy (non-hydrogen) atoms. The van der Waals surface area contributed by atoms with Crippen molar-refractivity contribution in [2.24, 2.45) is 0 Å². The molecule has 1 aliphatic rings. The fraction of sp³-hybridized carbons (Fsp3) is 0.269. The number of amides is 1. The molecular formula is C26H28N2O2. The third-order valence-corrected chi connectivity index (χ3v) is 5.76. The second-order valence-corrected chi connectivity index (χ2v) is 7.62. The number of hydrogen-bond donors (Lipinski definition) is 0. The minimum Gasteiger partial charge on any atom is -0.497 e. The maximum atomic E-state index is 13.3. The zero-order valence-electron chi connectivity index (χ0n) is 17.5. The van der Waals surface area contributed by atoms with E-state index in [4.69, 9.17) is 4.74 Å². The molecule has 1 aliphatic heterocycles. The summed E-state index contributed by atoms with van der Waals surface area (Å²) in [6, 6.07) is 26.6. The number of benzene rings is 3. The highest BCUT2D eigenvalue weighted by Crippen LogP contribution is 2.23. The van der Waals surface area contributed by atoms with Crippen LogP contribution in [0, 0.1) is 0 Å². The summed E-state index contributed by atoms with van der Waals surface area (Å²) in [5.74, 6) is 1.00. The molecule has 0 aliphatic carbocycles. The lowest BCUT2D eigenvalue weighted by Gasteiger charge is -2.36. The third kappa shape index (κ3) is 4.65. The molecule has 1 saturated heterocycles. The Labute approximate surface area is 178 Å². The molecular weight excluding hydrogens is 372 g/mol. The van der Waals surface area contributed by atoms with Gasteiger partial charge in [-0.3, -0.25) is 4.79 Å². The first-order valence-electron chi connectivity index (χ1n) is 10.5. The number of hydrogen-bond acceptors (Lipinski definition) is 3. The molecule has 0 bridgehead atoms. The fourth-order valence-corrected chi connectivity index (χ4v) is 4.02. The number of anilines is 1. The standard InChI is InChI=1S/C26H28N2O2/c1-30-24-12-7-11-23(20-24)27-16-18-28(19-17-27)26(29)25-13-6-5-10-22(25)15-14-21-8-3-2-4-9-21/h2-13,20H,14-19H2,1H3. The van der Waals surface area contributed by atoms with Crippen LogP contribution < -0.4 is 9.64 Å². The van der Waals surface area contributed by atoms with E-state index in [2.05, 4.69) is 47.4 Å². The van der Waals surface area contributed by atoms with Crippen LogP contribution in [0.2, 0.25) is 0 Å². The highest BCUT2D eigenvalue weighted by atomic mass is 16.5. The van der Waals surface area contributed by atoms with Gasteiger partial charge in [-0.2, -0.15) is 0 Å². The first-order valence-corrected chi connectivity index (χ1v) is 10.5. The van der Waals surface area contributed by atoms with E-state index in [-0.39, 0.29) is 5.91 Å². The number of ether oxygens (including phenoxy) is 1. The number of carbonyl (C=O) groups excluding carboxylic acids is 1. The first kappa shape index (κ1) is 20.0. The summed E-state index contributed by atoms with van der Waals surface area (Å²) in [5.41, 5.74) is 4.40. The van der Waals surface area contributed by atoms with Crippen LogP contribution in [0.15, 0.2) is 78.9 Å². The van der Waals surface area contributed by atoms with E-state index in [0.717, 1.165) is 61.6 Å². The zero-order valence-corrected chi connectivity index (χ0v) is 17.5. The summed E-state index contributed by atoms with van der Waals surface area (Å²) in [4.78, 5) is 17.6. The topological polar surface area (TPSA) is 32.8 Å². The lowest BCUT2D eigenvalue weighted by Crippen LogP contribution is -2.49. The predicted molar refractivity (Wildman–Crippen MR) is 121 cm³/mol. The van der Waals surface area contributed by atoms with Crippen LogP contribution in [-0.2, 0) is 12.8 Å². The van der Waals surface area contributed by atoms with Gasteiger partial charge >= 0.3 is 0 Å². The van der Waals surface area contributed by atoms with Crippen molar-refractivity contribution < 1.29 is 9.53 Å². The van der Waals surface area contributed by atoms with E-state index in [0.29, 0.717) is 0 Å². The Morgan fingerprint density at radius 2 is 1.57 bits per heavy atom. The molecule has 1 amide bonds. The van der Waals surface area contributed by atoms with Crippen molar-refractivity contribution >= 4 is 11.6 Å². The van der Waals surface area contributed by atoms with E-state index in [1.807, 2.05) is 41.3 Å². The Balaban J connectivity index is 1.40. The first-order chi connectivity index (χ1) is 14.7. The predicted octanol–water partition coefficient (Wildman–Crippen LogP) is 4.44. The van der Waals surface area contributed by atoms with E-state index in [1.165, 1.54) is 5.56 Å². The Morgan fingerprint density at radius 3 is 2.33 bits per heavy atom. The fourth-order valence-electron chi connectivity index (χ4n) is 4.02. The lowest BCUT2D eigenvalue weighted by atomic mass is 9.99. The van der Waals surface area contributed by atoms with E-state index in [1.54, 1.807) is 7.11 Å². The maximum absolute atomic E-state index is 13.3. The second kappa shape index (κ2) is 9.49. The van der Waals surface area contributed by atoms with Gasteiger partial charge in [0.05, 0.1) is 7.11 Å². The Hall–Kier alpha value is -3.27. The smallest absolute Gasteiger partial charge is 0.254 e. The van der Waals surface area contributed by atoms with Crippen molar-refractivity contribution in [2.75, 3.05) is 38.2 Å². The monoisotopic (exact) mass is 400 g/mol. The van der Waals surface area contributed by atoms with Crippen LogP contribution in [0.3, 0.4) is 0 Å². The van der Waals surface area contributed by atoms with Gasteiger partial charge in [-0.25, -0.2) is 0 Å². The number of piperazine rings is 1. The Bertz CT molecular complexity index is 979. The normalized spacial score (nSPS) is 13.9. The molecule has 4 nitrogen and oxygen atoms in total. The number of rotatable bonds is 6. The number of nitrogens with zero attached hydrogens (tertiary/aromatic N) is 2. The second-order valence-electron chi connectivity index (χ2n) is 7.62. The minimum absolute atomic E-state index is 0.143. The summed E-state index contributed by atoms with van der Waals surface area (Å²) < 4.78 is 5.34. The van der Waals surface area contributed by atoms with Crippen molar-refractivity contribution in [3.63, 3.8) is 0 Å². The SMILES string of the molecule is COc1cccc(N2CCN(C(=O)c3ccccc3CCc3ccccc3)CC2)c1. The summed E-state index contributed by atoms with van der Waals surface area (Å²) in [6.45, 7) is 3.10. The summed E-state index contributed by atoms with van der Waals surface area (Å²) in [7, 11) is 1.69. The maximum Gasteiger partial charge on any atom is 0.254 e. The third-order valence-electron chi connectivity index (χ3n) is 5.76. The van der Waals surface area contributed by atoms with Gasteiger partial charge in [0.1, 0.15) is 5.75 Å². The number of carbonyl (C=O) groups is 1. The van der Waals surface area contributed by atoms with E-state index >= 15 is 0 Å². The van der Waals surface area contributed by atoms with Crippen molar-refractivity contribution in [1.29, 1.82) is 0 Å². The van der Waals surface area contributed by atoms with Gasteiger partial charge in [0.2, 0.25) is 0 Å². The zero-order chi connectivity index (χ0) is 20.8. The minimum atomic E-state index is 0.143. The molecule has 0 radical (unpaired) electrons. The highest BCUT2D eigenvalue weighted by molar-refractivity contribution is 5.95. The van der Waals surface area contributed by atoms with Gasteiger partial charge in [-0.15, -0.1) is 0 Å². The lowest BCUT2D eigenvalue weighted by molar-refractivity contribution is 0.0745. The van der Waals surface area contributed by atoms with Crippen molar-refractivity contribution in [3.05, 3.63) is 95.6 Å². The molecule has 0 N–H and O–H groups in total. The largest absolute Gasteiger partial charge is 0.497 e. The summed E-state index contributed by atoms with van der Waals surface area (Å²) in [5, 5.41) is 0.